The van der Waals surface area contributed by atoms with Crippen LogP contribution in [0.5, 0.6) is 0 Å². The van der Waals surface area contributed by atoms with Crippen molar-refractivity contribution in [3.63, 3.8) is 0 Å². The Balaban J connectivity index is 2.15. The third kappa shape index (κ3) is 3.48. The smallest absolute Gasteiger partial charge is 0.281 e. The van der Waals surface area contributed by atoms with E-state index in [2.05, 4.69) is 35.4 Å². The van der Waals surface area contributed by atoms with Crippen LogP contribution in [0.3, 0.4) is 0 Å². The molecule has 0 amide bonds. The maximum atomic E-state index is 12.2. The monoisotopic (exact) mass is 297 g/mol. The number of nitrogens with one attached hydrogen (secondary N) is 3. The molecule has 0 bridgehead atoms. The van der Waals surface area contributed by atoms with E-state index < -0.39 is 10.0 Å². The first-order valence-corrected chi connectivity index (χ1v) is 7.51. The highest BCUT2D eigenvalue weighted by Gasteiger charge is 2.21. The van der Waals surface area contributed by atoms with Gasteiger partial charge < -0.3 is 5.32 Å². The van der Waals surface area contributed by atoms with Gasteiger partial charge >= 0.3 is 0 Å². The number of rotatable bonds is 7. The van der Waals surface area contributed by atoms with Gasteiger partial charge in [-0.3, -0.25) is 5.10 Å². The molecule has 108 valence electrons. The van der Waals surface area contributed by atoms with Gasteiger partial charge in [-0.2, -0.15) is 18.6 Å². The third-order valence-electron chi connectivity index (χ3n) is 2.40. The van der Waals surface area contributed by atoms with E-state index in [1.807, 2.05) is 6.92 Å². The quantitative estimate of drug-likeness (QED) is 0.609. The number of hydrogen-bond acceptors (Lipinski definition) is 7. The molecule has 0 saturated carbocycles. The van der Waals surface area contributed by atoms with Crippen molar-refractivity contribution in [3.8, 4) is 0 Å². The fourth-order valence-corrected chi connectivity index (χ4v) is 2.60. The van der Waals surface area contributed by atoms with Crippen LogP contribution in [0, 0.1) is 0 Å². The van der Waals surface area contributed by atoms with Crippen molar-refractivity contribution in [2.24, 2.45) is 0 Å². The molecule has 9 nitrogen and oxygen atoms in total. The van der Waals surface area contributed by atoms with Crippen LogP contribution < -0.4 is 10.0 Å². The van der Waals surface area contributed by atoms with Gasteiger partial charge in [0.1, 0.15) is 0 Å². The molecule has 0 fully saturated rings. The zero-order valence-electron chi connectivity index (χ0n) is 10.9. The normalized spacial score (nSPS) is 11.4. The second-order valence-corrected chi connectivity index (χ2v) is 5.59. The topological polar surface area (TPSA) is 126 Å². The van der Waals surface area contributed by atoms with Gasteiger partial charge in [0.05, 0.1) is 18.6 Å². The fourth-order valence-electron chi connectivity index (χ4n) is 1.52. The molecule has 2 aromatic heterocycles. The Morgan fingerprint density at radius 1 is 1.35 bits per heavy atom. The maximum absolute atomic E-state index is 12.2. The summed E-state index contributed by atoms with van der Waals surface area (Å²) in [5, 5.41) is 16.5. The number of nitrogens with zero attached hydrogens (tertiary/aromatic N) is 4. The molecule has 0 radical (unpaired) electrons. The first kappa shape index (κ1) is 14.3. The van der Waals surface area contributed by atoms with Crippen molar-refractivity contribution in [1.29, 1.82) is 0 Å². The van der Waals surface area contributed by atoms with E-state index >= 15 is 0 Å². The molecule has 2 aromatic rings. The van der Waals surface area contributed by atoms with E-state index in [1.165, 1.54) is 18.6 Å². The lowest BCUT2D eigenvalue weighted by atomic mass is 10.3. The van der Waals surface area contributed by atoms with E-state index in [0.29, 0.717) is 12.1 Å². The van der Waals surface area contributed by atoms with Crippen molar-refractivity contribution in [2.75, 3.05) is 11.3 Å². The van der Waals surface area contributed by atoms with Crippen LogP contribution in [0.2, 0.25) is 0 Å². The van der Waals surface area contributed by atoms with Crippen molar-refractivity contribution < 1.29 is 8.42 Å². The van der Waals surface area contributed by atoms with Crippen LogP contribution in [0.15, 0.2) is 23.6 Å². The number of aromatic amines is 1. The summed E-state index contributed by atoms with van der Waals surface area (Å²) in [4.78, 5) is 3.77. The summed E-state index contributed by atoms with van der Waals surface area (Å²) >= 11 is 0. The van der Waals surface area contributed by atoms with Crippen molar-refractivity contribution in [2.45, 2.75) is 24.9 Å². The third-order valence-corrected chi connectivity index (χ3v) is 3.74. The molecular weight excluding hydrogens is 282 g/mol. The lowest BCUT2D eigenvalue weighted by Gasteiger charge is -2.06. The molecule has 3 N–H and O–H groups in total. The van der Waals surface area contributed by atoms with E-state index in [4.69, 9.17) is 0 Å². The van der Waals surface area contributed by atoms with Crippen molar-refractivity contribution in [3.05, 3.63) is 24.2 Å². The Morgan fingerprint density at radius 2 is 2.20 bits per heavy atom. The van der Waals surface area contributed by atoms with Gasteiger partial charge in [-0.05, 0) is 13.0 Å². The second kappa shape index (κ2) is 6.39. The van der Waals surface area contributed by atoms with Gasteiger partial charge in [0.15, 0.2) is 5.03 Å². The Morgan fingerprint density at radius 3 is 2.90 bits per heavy atom. The van der Waals surface area contributed by atoms with Crippen LogP contribution >= 0.6 is 0 Å². The first-order chi connectivity index (χ1) is 9.63. The lowest BCUT2D eigenvalue weighted by molar-refractivity contribution is 0.592. The van der Waals surface area contributed by atoms with Crippen molar-refractivity contribution in [1.82, 2.24) is 30.7 Å². The SMILES string of the molecule is CCCNCc1cn[nH]c1S(=O)(=O)Nc1nccnn1. The molecular formula is C10H15N7O2S. The highest BCUT2D eigenvalue weighted by Crippen LogP contribution is 2.14. The average molecular weight is 297 g/mol. The van der Waals surface area contributed by atoms with Crippen LogP contribution in [-0.2, 0) is 16.6 Å². The Bertz CT molecular complexity index is 641. The van der Waals surface area contributed by atoms with Crippen LogP contribution in [0.1, 0.15) is 18.9 Å². The molecule has 0 aliphatic heterocycles. The molecule has 0 aliphatic rings. The molecule has 0 unspecified atom stereocenters. The van der Waals surface area contributed by atoms with Gasteiger partial charge in [-0.15, -0.1) is 5.10 Å². The molecule has 2 heterocycles. The number of H-pyrrole nitrogens is 1. The fraction of sp³-hybridized carbons (Fsp3) is 0.400. The largest absolute Gasteiger partial charge is 0.313 e. The van der Waals surface area contributed by atoms with E-state index in [9.17, 15) is 8.42 Å². The predicted molar refractivity (Wildman–Crippen MR) is 71.2 cm³/mol. The van der Waals surface area contributed by atoms with E-state index in [-0.39, 0.29) is 11.0 Å². The summed E-state index contributed by atoms with van der Waals surface area (Å²) in [6, 6.07) is 0. The molecule has 0 aromatic carbocycles. The molecule has 0 aliphatic carbocycles. The Hall–Kier alpha value is -2.07. The molecule has 0 saturated heterocycles. The molecule has 2 rings (SSSR count). The van der Waals surface area contributed by atoms with Gasteiger partial charge in [-0.1, -0.05) is 6.92 Å². The average Bonchev–Trinajstić information content (AvgIpc) is 2.89. The highest BCUT2D eigenvalue weighted by molar-refractivity contribution is 7.92. The minimum Gasteiger partial charge on any atom is -0.313 e. The number of aromatic nitrogens is 5. The van der Waals surface area contributed by atoms with Crippen LogP contribution in [0.25, 0.3) is 0 Å². The minimum absolute atomic E-state index is 0.00597. The number of hydrogen-bond donors (Lipinski definition) is 3. The van der Waals surface area contributed by atoms with Crippen LogP contribution in [0.4, 0.5) is 5.95 Å². The van der Waals surface area contributed by atoms with Crippen LogP contribution in [-0.4, -0.2) is 40.3 Å². The van der Waals surface area contributed by atoms with Gasteiger partial charge in [0.2, 0.25) is 0 Å². The zero-order chi connectivity index (χ0) is 14.4. The summed E-state index contributed by atoms with van der Waals surface area (Å²) in [7, 11) is -3.81. The predicted octanol–water partition coefficient (Wildman–Crippen LogP) is -0.105. The summed E-state index contributed by atoms with van der Waals surface area (Å²) < 4.78 is 26.6. The van der Waals surface area contributed by atoms with Crippen molar-refractivity contribution >= 4 is 16.0 Å². The molecule has 10 heteroatoms. The van der Waals surface area contributed by atoms with Gasteiger partial charge in [0, 0.05) is 12.1 Å². The van der Waals surface area contributed by atoms with Gasteiger partial charge in [-0.25, -0.2) is 9.71 Å². The zero-order valence-corrected chi connectivity index (χ0v) is 11.7. The van der Waals surface area contributed by atoms with E-state index in [1.54, 1.807) is 0 Å². The second-order valence-electron chi connectivity index (χ2n) is 3.97. The standard InChI is InChI=1S/C10H15N7O2S/c1-2-3-11-6-8-7-14-15-9(8)20(18,19)17-10-12-4-5-13-16-10/h4-5,7,11H,2-3,6H2,1H3,(H,14,15)(H,12,16,17). The first-order valence-electron chi connectivity index (χ1n) is 6.03. The molecule has 0 spiro atoms. The number of sulfonamides is 1. The minimum atomic E-state index is -3.81. The Kier molecular flexibility index (Phi) is 4.58. The summed E-state index contributed by atoms with van der Waals surface area (Å²) in [5.74, 6) is -0.0884. The highest BCUT2D eigenvalue weighted by atomic mass is 32.2. The van der Waals surface area contributed by atoms with E-state index in [0.717, 1.165) is 13.0 Å². The number of anilines is 1. The summed E-state index contributed by atoms with van der Waals surface area (Å²) in [5.41, 5.74) is 0.551. The van der Waals surface area contributed by atoms with Gasteiger partial charge in [0.25, 0.3) is 16.0 Å². The Labute approximate surface area is 116 Å². The summed E-state index contributed by atoms with van der Waals surface area (Å²) in [6.45, 7) is 3.24. The lowest BCUT2D eigenvalue weighted by Crippen LogP contribution is -2.20. The summed E-state index contributed by atoms with van der Waals surface area (Å²) in [6.07, 6.45) is 5.14. The maximum Gasteiger partial charge on any atom is 0.281 e. The molecule has 0 atom stereocenters. The molecule has 20 heavy (non-hydrogen) atoms.